The van der Waals surface area contributed by atoms with Gasteiger partial charge < -0.3 is 10.2 Å². The van der Waals surface area contributed by atoms with Crippen LogP contribution >= 0.6 is 0 Å². The van der Waals surface area contributed by atoms with Crippen LogP contribution in [0.2, 0.25) is 0 Å². The van der Waals surface area contributed by atoms with Gasteiger partial charge in [0.05, 0.1) is 12.2 Å². The minimum Gasteiger partial charge on any atom is -0.389 e. The smallest absolute Gasteiger partial charge is 0.0975 e. The van der Waals surface area contributed by atoms with E-state index < -0.39 is 12.2 Å². The van der Waals surface area contributed by atoms with Crippen LogP contribution in [0.1, 0.15) is 6.92 Å². The normalized spacial score (nSPS) is 45.0. The largest absolute Gasteiger partial charge is 0.389 e. The Morgan fingerprint density at radius 2 is 2.11 bits per heavy atom. The van der Waals surface area contributed by atoms with E-state index in [1.165, 1.54) is 0 Å². The molecule has 1 aliphatic rings. The molecule has 0 aliphatic carbocycles. The molecule has 1 heterocycles. The first-order valence-corrected chi connectivity index (χ1v) is 3.06. The minimum atomic E-state index is -0.647. The van der Waals surface area contributed by atoms with Crippen LogP contribution in [-0.2, 0) is 0 Å². The molecule has 0 aromatic heterocycles. The second-order valence-electron chi connectivity index (χ2n) is 2.37. The van der Waals surface area contributed by atoms with Crippen molar-refractivity contribution in [1.29, 1.82) is 0 Å². The Labute approximate surface area is 53.9 Å². The average molecular weight is 132 g/mol. The lowest BCUT2D eigenvalue weighted by Gasteiger charge is -2.30. The third kappa shape index (κ3) is 1.40. The van der Waals surface area contributed by atoms with E-state index in [-0.39, 0.29) is 6.04 Å². The second-order valence-corrected chi connectivity index (χ2v) is 2.37. The summed E-state index contributed by atoms with van der Waals surface area (Å²) in [6.07, 6.45) is -1.28. The summed E-state index contributed by atoms with van der Waals surface area (Å²) in [5, 5.41) is 18.1. The van der Waals surface area contributed by atoms with Gasteiger partial charge in [-0.05, 0) is 6.92 Å². The summed E-state index contributed by atoms with van der Waals surface area (Å²) in [4.78, 5) is 0. The highest BCUT2D eigenvalue weighted by atomic mass is 16.3. The van der Waals surface area contributed by atoms with Crippen molar-refractivity contribution in [1.82, 2.24) is 10.9 Å². The van der Waals surface area contributed by atoms with Crippen molar-refractivity contribution in [2.75, 3.05) is 6.54 Å². The number of rotatable bonds is 0. The van der Waals surface area contributed by atoms with Gasteiger partial charge in [0, 0.05) is 12.6 Å². The van der Waals surface area contributed by atoms with Gasteiger partial charge in [-0.2, -0.15) is 0 Å². The summed E-state index contributed by atoms with van der Waals surface area (Å²) in [7, 11) is 0. The van der Waals surface area contributed by atoms with E-state index >= 15 is 0 Å². The number of hydrogen-bond donors (Lipinski definition) is 4. The van der Waals surface area contributed by atoms with Crippen molar-refractivity contribution < 1.29 is 10.2 Å². The molecule has 9 heavy (non-hydrogen) atoms. The molecule has 1 fully saturated rings. The zero-order valence-corrected chi connectivity index (χ0v) is 5.33. The predicted octanol–water partition coefficient (Wildman–Crippen LogP) is -1.80. The maximum Gasteiger partial charge on any atom is 0.0975 e. The Hall–Kier alpha value is -0.160. The molecule has 0 bridgehead atoms. The number of β-amino-alcohol motifs (C(OH)–C–C–N with tert-alkyl or cyclic N) is 1. The van der Waals surface area contributed by atoms with Crippen LogP contribution in [0.3, 0.4) is 0 Å². The molecular weight excluding hydrogens is 120 g/mol. The number of aliphatic hydroxyl groups excluding tert-OH is 2. The molecular formula is C5H12N2O2. The summed E-state index contributed by atoms with van der Waals surface area (Å²) in [5.41, 5.74) is 5.56. The van der Waals surface area contributed by atoms with Crippen LogP contribution in [0, 0.1) is 0 Å². The molecule has 1 rings (SSSR count). The van der Waals surface area contributed by atoms with Gasteiger partial charge in [0.15, 0.2) is 0 Å². The first kappa shape index (κ1) is 6.95. The molecule has 54 valence electrons. The lowest BCUT2D eigenvalue weighted by molar-refractivity contribution is -0.0263. The lowest BCUT2D eigenvalue weighted by Crippen LogP contribution is -2.59. The summed E-state index contributed by atoms with van der Waals surface area (Å²) in [6.45, 7) is 2.21. The highest BCUT2D eigenvalue weighted by Crippen LogP contribution is 2.01. The van der Waals surface area contributed by atoms with Gasteiger partial charge in [-0.25, -0.2) is 0 Å². The molecule has 4 heteroatoms. The Morgan fingerprint density at radius 3 is 2.56 bits per heavy atom. The molecule has 0 unspecified atom stereocenters. The van der Waals surface area contributed by atoms with E-state index in [0.717, 1.165) is 0 Å². The Morgan fingerprint density at radius 1 is 1.44 bits per heavy atom. The van der Waals surface area contributed by atoms with E-state index in [0.29, 0.717) is 6.54 Å². The van der Waals surface area contributed by atoms with Crippen molar-refractivity contribution in [2.45, 2.75) is 25.2 Å². The van der Waals surface area contributed by atoms with Gasteiger partial charge in [-0.3, -0.25) is 10.9 Å². The molecule has 0 amide bonds. The first-order valence-electron chi connectivity index (χ1n) is 3.06. The van der Waals surface area contributed by atoms with Crippen molar-refractivity contribution in [2.24, 2.45) is 0 Å². The van der Waals surface area contributed by atoms with Crippen molar-refractivity contribution in [3.05, 3.63) is 0 Å². The lowest BCUT2D eigenvalue weighted by atomic mass is 10.1. The zero-order chi connectivity index (χ0) is 6.85. The van der Waals surface area contributed by atoms with Crippen molar-refractivity contribution in [3.63, 3.8) is 0 Å². The maximum absolute atomic E-state index is 9.09. The number of nitrogens with one attached hydrogen (secondary N) is 2. The molecule has 0 aromatic carbocycles. The fourth-order valence-electron chi connectivity index (χ4n) is 0.864. The van der Waals surface area contributed by atoms with Crippen LogP contribution in [0.4, 0.5) is 0 Å². The van der Waals surface area contributed by atoms with Crippen LogP contribution in [-0.4, -0.2) is 35.0 Å². The van der Waals surface area contributed by atoms with E-state index in [4.69, 9.17) is 10.2 Å². The van der Waals surface area contributed by atoms with Gasteiger partial charge >= 0.3 is 0 Å². The van der Waals surface area contributed by atoms with Gasteiger partial charge in [0.25, 0.3) is 0 Å². The molecule has 0 radical (unpaired) electrons. The molecule has 4 nitrogen and oxygen atoms in total. The SMILES string of the molecule is C[C@H]1NNC[C@@H](O)[C@@H]1O. The summed E-state index contributed by atoms with van der Waals surface area (Å²) >= 11 is 0. The van der Waals surface area contributed by atoms with E-state index in [1.54, 1.807) is 6.92 Å². The number of hydrazine groups is 1. The van der Waals surface area contributed by atoms with Crippen LogP contribution < -0.4 is 10.9 Å². The van der Waals surface area contributed by atoms with E-state index in [9.17, 15) is 0 Å². The first-order chi connectivity index (χ1) is 4.22. The quantitative estimate of drug-likeness (QED) is 0.314. The van der Waals surface area contributed by atoms with Crippen LogP contribution in [0.5, 0.6) is 0 Å². The monoisotopic (exact) mass is 132 g/mol. The van der Waals surface area contributed by atoms with E-state index in [1.807, 2.05) is 0 Å². The summed E-state index contributed by atoms with van der Waals surface area (Å²) < 4.78 is 0. The third-order valence-corrected chi connectivity index (χ3v) is 1.55. The van der Waals surface area contributed by atoms with Gasteiger partial charge in [-0.15, -0.1) is 0 Å². The average Bonchev–Trinajstić information content (AvgIpc) is 1.83. The number of aliphatic hydroxyl groups is 2. The minimum absolute atomic E-state index is 0.0752. The van der Waals surface area contributed by atoms with E-state index in [2.05, 4.69) is 10.9 Å². The topological polar surface area (TPSA) is 64.5 Å². The van der Waals surface area contributed by atoms with Crippen molar-refractivity contribution in [3.8, 4) is 0 Å². The Kier molecular flexibility index (Phi) is 2.02. The number of hydrogen-bond acceptors (Lipinski definition) is 4. The molecule has 4 N–H and O–H groups in total. The maximum atomic E-state index is 9.09. The molecule has 3 atom stereocenters. The van der Waals surface area contributed by atoms with Crippen LogP contribution in [0.15, 0.2) is 0 Å². The summed E-state index contributed by atoms with van der Waals surface area (Å²) in [6, 6.07) is -0.0752. The zero-order valence-electron chi connectivity index (χ0n) is 5.33. The summed E-state index contributed by atoms with van der Waals surface area (Å²) in [5.74, 6) is 0. The van der Waals surface area contributed by atoms with Gasteiger partial charge in [-0.1, -0.05) is 0 Å². The molecule has 0 aromatic rings. The molecule has 0 saturated carbocycles. The molecule has 1 saturated heterocycles. The third-order valence-electron chi connectivity index (χ3n) is 1.55. The highest BCUT2D eigenvalue weighted by Gasteiger charge is 2.26. The predicted molar refractivity (Wildman–Crippen MR) is 32.6 cm³/mol. The standard InChI is InChI=1S/C5H12N2O2/c1-3-5(9)4(8)2-6-7-3/h3-9H,2H2,1H3/t3-,4-,5-/m1/s1. The fourth-order valence-corrected chi connectivity index (χ4v) is 0.864. The van der Waals surface area contributed by atoms with Crippen LogP contribution in [0.25, 0.3) is 0 Å². The van der Waals surface area contributed by atoms with Gasteiger partial charge in [0.1, 0.15) is 0 Å². The fraction of sp³-hybridized carbons (Fsp3) is 1.00. The highest BCUT2D eigenvalue weighted by molar-refractivity contribution is 4.81. The Bertz CT molecular complexity index is 89.0. The molecule has 1 aliphatic heterocycles. The second kappa shape index (κ2) is 2.62. The van der Waals surface area contributed by atoms with Crippen molar-refractivity contribution >= 4 is 0 Å². The van der Waals surface area contributed by atoms with Gasteiger partial charge in [0.2, 0.25) is 0 Å². The molecule has 0 spiro atoms. The Balaban J connectivity index is 2.41.